The molecule has 0 saturated carbocycles. The molecule has 0 aliphatic rings. The number of hydrogen-bond acceptors (Lipinski definition) is 3. The van der Waals surface area contributed by atoms with Crippen molar-refractivity contribution in [1.29, 1.82) is 0 Å². The molecular weight excluding hydrogens is 290 g/mol. The molecular formula is C17H27N5O. The van der Waals surface area contributed by atoms with Crippen LogP contribution in [0.15, 0.2) is 33.9 Å². The summed E-state index contributed by atoms with van der Waals surface area (Å²) in [7, 11) is 4.09. The Labute approximate surface area is 138 Å². The molecule has 0 amide bonds. The fourth-order valence-corrected chi connectivity index (χ4v) is 2.28. The highest BCUT2D eigenvalue weighted by molar-refractivity contribution is 5.79. The minimum atomic E-state index is 0.365. The molecule has 0 radical (unpaired) electrons. The van der Waals surface area contributed by atoms with Crippen molar-refractivity contribution in [2.24, 2.45) is 12.0 Å². The van der Waals surface area contributed by atoms with E-state index in [1.807, 2.05) is 13.1 Å². The van der Waals surface area contributed by atoms with Crippen LogP contribution in [0.4, 0.5) is 0 Å². The summed E-state index contributed by atoms with van der Waals surface area (Å²) in [6.07, 6.45) is 2.05. The average Bonchev–Trinajstić information content (AvgIpc) is 3.13. The fraction of sp³-hybridized carbons (Fsp3) is 0.529. The van der Waals surface area contributed by atoms with Gasteiger partial charge < -0.3 is 19.3 Å². The average molecular weight is 317 g/mol. The Morgan fingerprint density at radius 1 is 1.48 bits per heavy atom. The first kappa shape index (κ1) is 17.1. The van der Waals surface area contributed by atoms with Gasteiger partial charge in [0.05, 0.1) is 12.2 Å². The Morgan fingerprint density at radius 2 is 2.26 bits per heavy atom. The molecule has 2 heterocycles. The maximum Gasteiger partial charge on any atom is 0.194 e. The van der Waals surface area contributed by atoms with Crippen LogP contribution in [0.25, 0.3) is 0 Å². The van der Waals surface area contributed by atoms with Crippen LogP contribution < -0.4 is 5.32 Å². The van der Waals surface area contributed by atoms with Gasteiger partial charge in [-0.2, -0.15) is 0 Å². The molecule has 2 aromatic rings. The van der Waals surface area contributed by atoms with Crippen LogP contribution >= 0.6 is 0 Å². The van der Waals surface area contributed by atoms with Crippen LogP contribution in [0.3, 0.4) is 0 Å². The number of nitrogens with zero attached hydrogens (tertiary/aromatic N) is 4. The number of hydrogen-bond donors (Lipinski definition) is 1. The van der Waals surface area contributed by atoms with E-state index < -0.39 is 0 Å². The van der Waals surface area contributed by atoms with Crippen molar-refractivity contribution in [1.82, 2.24) is 19.9 Å². The molecule has 23 heavy (non-hydrogen) atoms. The number of guanidine groups is 1. The third-order valence-corrected chi connectivity index (χ3v) is 3.70. The van der Waals surface area contributed by atoms with E-state index in [-0.39, 0.29) is 0 Å². The summed E-state index contributed by atoms with van der Waals surface area (Å²) >= 11 is 0. The molecule has 126 valence electrons. The fourth-order valence-electron chi connectivity index (χ4n) is 2.28. The summed E-state index contributed by atoms with van der Waals surface area (Å²) in [5.74, 6) is 2.01. The summed E-state index contributed by atoms with van der Waals surface area (Å²) in [5.41, 5.74) is 2.21. The van der Waals surface area contributed by atoms with Crippen molar-refractivity contribution in [2.45, 2.75) is 39.8 Å². The van der Waals surface area contributed by atoms with Crippen molar-refractivity contribution >= 4 is 5.96 Å². The molecule has 0 bridgehead atoms. The summed E-state index contributed by atoms with van der Waals surface area (Å²) < 4.78 is 7.47. The van der Waals surface area contributed by atoms with Crippen LogP contribution in [0.5, 0.6) is 0 Å². The van der Waals surface area contributed by atoms with Gasteiger partial charge in [0, 0.05) is 38.6 Å². The molecule has 6 nitrogen and oxygen atoms in total. The van der Waals surface area contributed by atoms with Gasteiger partial charge in [0.15, 0.2) is 11.7 Å². The number of rotatable bonds is 6. The predicted molar refractivity (Wildman–Crippen MR) is 92.3 cm³/mol. The van der Waals surface area contributed by atoms with Crippen molar-refractivity contribution in [2.75, 3.05) is 13.6 Å². The Bertz CT molecular complexity index is 641. The second kappa shape index (κ2) is 7.85. The van der Waals surface area contributed by atoms with E-state index in [0.29, 0.717) is 12.5 Å². The normalized spacial score (nSPS) is 12.0. The van der Waals surface area contributed by atoms with Gasteiger partial charge in [-0.25, -0.2) is 4.99 Å². The Kier molecular flexibility index (Phi) is 5.84. The van der Waals surface area contributed by atoms with Gasteiger partial charge in [0.25, 0.3) is 0 Å². The standard InChI is InChI=1S/C17H27N5O/c1-6-18-17(22(5)12-14-8-7-9-21(14)4)19-11-15-10-16(13(2)3)20-23-15/h7-10,13H,6,11-12H2,1-5H3,(H,18,19). The van der Waals surface area contributed by atoms with Crippen LogP contribution in [0.1, 0.15) is 43.8 Å². The van der Waals surface area contributed by atoms with E-state index in [2.05, 4.69) is 71.1 Å². The second-order valence-electron chi connectivity index (χ2n) is 6.01. The van der Waals surface area contributed by atoms with Gasteiger partial charge in [0.1, 0.15) is 6.54 Å². The summed E-state index contributed by atoms with van der Waals surface area (Å²) in [6.45, 7) is 8.37. The molecule has 0 unspecified atom stereocenters. The Hall–Kier alpha value is -2.24. The Balaban J connectivity index is 2.05. The molecule has 6 heteroatoms. The van der Waals surface area contributed by atoms with Crippen LogP contribution in [0.2, 0.25) is 0 Å². The number of nitrogens with one attached hydrogen (secondary N) is 1. The first-order chi connectivity index (χ1) is 11.0. The molecule has 0 spiro atoms. The maximum absolute atomic E-state index is 5.35. The van der Waals surface area contributed by atoms with Crippen molar-refractivity contribution < 1.29 is 4.52 Å². The van der Waals surface area contributed by atoms with Gasteiger partial charge in [0.2, 0.25) is 0 Å². The first-order valence-corrected chi connectivity index (χ1v) is 8.06. The quantitative estimate of drug-likeness (QED) is 0.657. The number of aryl methyl sites for hydroxylation is 1. The van der Waals surface area contributed by atoms with Gasteiger partial charge in [-0.1, -0.05) is 19.0 Å². The van der Waals surface area contributed by atoms with Gasteiger partial charge >= 0.3 is 0 Å². The zero-order chi connectivity index (χ0) is 16.8. The van der Waals surface area contributed by atoms with E-state index >= 15 is 0 Å². The zero-order valence-electron chi connectivity index (χ0n) is 14.7. The van der Waals surface area contributed by atoms with Crippen LogP contribution in [-0.2, 0) is 20.1 Å². The van der Waals surface area contributed by atoms with E-state index in [4.69, 9.17) is 4.52 Å². The highest BCUT2D eigenvalue weighted by atomic mass is 16.5. The Morgan fingerprint density at radius 3 is 2.83 bits per heavy atom. The summed E-state index contributed by atoms with van der Waals surface area (Å²) in [6, 6.07) is 6.15. The predicted octanol–water partition coefficient (Wildman–Crippen LogP) is 2.73. The van der Waals surface area contributed by atoms with Crippen molar-refractivity contribution in [3.05, 3.63) is 41.5 Å². The largest absolute Gasteiger partial charge is 0.359 e. The van der Waals surface area contributed by atoms with Crippen molar-refractivity contribution in [3.63, 3.8) is 0 Å². The van der Waals surface area contributed by atoms with E-state index in [1.165, 1.54) is 5.69 Å². The van der Waals surface area contributed by atoms with Gasteiger partial charge in [-0.05, 0) is 25.0 Å². The topological polar surface area (TPSA) is 58.6 Å². The molecule has 0 aliphatic heterocycles. The molecule has 2 rings (SSSR count). The van der Waals surface area contributed by atoms with Crippen LogP contribution in [-0.4, -0.2) is 34.2 Å². The second-order valence-corrected chi connectivity index (χ2v) is 6.01. The third-order valence-electron chi connectivity index (χ3n) is 3.70. The smallest absolute Gasteiger partial charge is 0.194 e. The number of aromatic nitrogens is 2. The van der Waals surface area contributed by atoms with Crippen LogP contribution in [0, 0.1) is 0 Å². The molecule has 2 aromatic heterocycles. The zero-order valence-corrected chi connectivity index (χ0v) is 14.7. The molecule has 0 aliphatic carbocycles. The lowest BCUT2D eigenvalue weighted by atomic mass is 10.1. The summed E-state index contributed by atoms with van der Waals surface area (Å²) in [5, 5.41) is 7.39. The summed E-state index contributed by atoms with van der Waals surface area (Å²) in [4.78, 5) is 6.76. The SMILES string of the molecule is CCNC(=NCc1cc(C(C)C)no1)N(C)Cc1cccn1C. The molecule has 0 fully saturated rings. The minimum absolute atomic E-state index is 0.365. The monoisotopic (exact) mass is 317 g/mol. The highest BCUT2D eigenvalue weighted by Crippen LogP contribution is 2.14. The molecule has 0 aromatic carbocycles. The lowest BCUT2D eigenvalue weighted by Crippen LogP contribution is -2.38. The first-order valence-electron chi connectivity index (χ1n) is 8.06. The van der Waals surface area contributed by atoms with Gasteiger partial charge in [-0.3, -0.25) is 0 Å². The molecule has 0 atom stereocenters. The third kappa shape index (κ3) is 4.61. The molecule has 1 N–H and O–H groups in total. The van der Waals surface area contributed by atoms with E-state index in [0.717, 1.165) is 30.5 Å². The lowest BCUT2D eigenvalue weighted by Gasteiger charge is -2.22. The number of aliphatic imine (C=N–C) groups is 1. The van der Waals surface area contributed by atoms with Gasteiger partial charge in [-0.15, -0.1) is 0 Å². The maximum atomic E-state index is 5.35. The van der Waals surface area contributed by atoms with E-state index in [9.17, 15) is 0 Å². The van der Waals surface area contributed by atoms with Crippen molar-refractivity contribution in [3.8, 4) is 0 Å². The molecule has 0 saturated heterocycles. The lowest BCUT2D eigenvalue weighted by molar-refractivity contribution is 0.375. The minimum Gasteiger partial charge on any atom is -0.359 e. The highest BCUT2D eigenvalue weighted by Gasteiger charge is 2.10. The van der Waals surface area contributed by atoms with E-state index in [1.54, 1.807) is 0 Å².